The van der Waals surface area contributed by atoms with Gasteiger partial charge in [0.25, 0.3) is 0 Å². The van der Waals surface area contributed by atoms with Gasteiger partial charge >= 0.3 is 0 Å². The molecule has 0 unspecified atom stereocenters. The molecule has 0 radical (unpaired) electrons. The minimum atomic E-state index is -3.87. The zero-order valence-corrected chi connectivity index (χ0v) is 21.6. The topological polar surface area (TPSA) is 86.8 Å². The average Bonchev–Trinajstić information content (AvgIpc) is 2.77. The van der Waals surface area contributed by atoms with Crippen molar-refractivity contribution in [2.75, 3.05) is 17.1 Å². The third-order valence-electron chi connectivity index (χ3n) is 5.59. The van der Waals surface area contributed by atoms with Gasteiger partial charge in [-0.05, 0) is 51.0 Å². The number of hydrogen-bond acceptors (Lipinski definition) is 4. The number of carbonyl (C=O) groups is 2. The number of nitrogens with one attached hydrogen (secondary N) is 1. The second-order valence-corrected chi connectivity index (χ2v) is 10.6. The molecule has 0 spiro atoms. The van der Waals surface area contributed by atoms with Crippen LogP contribution in [-0.4, -0.2) is 50.0 Å². The number of nitrogens with zero attached hydrogens (tertiary/aromatic N) is 2. The van der Waals surface area contributed by atoms with E-state index in [-0.39, 0.29) is 23.8 Å². The van der Waals surface area contributed by atoms with Gasteiger partial charge in [-0.25, -0.2) is 12.8 Å². The SMILES string of the molecule is CC[C@@H](C)NC(=O)[C@@H](C)N(Cc1ccccc1F)C(=O)CN(c1ccc(C)c(Cl)c1)S(C)(=O)=O. The van der Waals surface area contributed by atoms with Crippen molar-refractivity contribution >= 4 is 39.1 Å². The summed E-state index contributed by atoms with van der Waals surface area (Å²) in [5, 5.41) is 3.17. The lowest BCUT2D eigenvalue weighted by atomic mass is 10.1. The summed E-state index contributed by atoms with van der Waals surface area (Å²) in [6.45, 7) is 6.27. The Labute approximate surface area is 205 Å². The molecule has 34 heavy (non-hydrogen) atoms. The van der Waals surface area contributed by atoms with Crippen molar-refractivity contribution in [3.05, 3.63) is 64.4 Å². The molecule has 7 nitrogen and oxygen atoms in total. The number of halogens is 2. The van der Waals surface area contributed by atoms with Gasteiger partial charge in [0.15, 0.2) is 0 Å². The fourth-order valence-corrected chi connectivity index (χ4v) is 4.23. The van der Waals surface area contributed by atoms with Crippen molar-refractivity contribution in [2.45, 2.75) is 52.7 Å². The number of hydrogen-bond donors (Lipinski definition) is 1. The van der Waals surface area contributed by atoms with Gasteiger partial charge in [0.05, 0.1) is 11.9 Å². The van der Waals surface area contributed by atoms with Crippen LogP contribution in [-0.2, 0) is 26.2 Å². The molecule has 2 rings (SSSR count). The molecule has 0 aliphatic rings. The number of carbonyl (C=O) groups excluding carboxylic acids is 2. The van der Waals surface area contributed by atoms with Gasteiger partial charge in [-0.2, -0.15) is 0 Å². The number of sulfonamides is 1. The number of rotatable bonds is 10. The lowest BCUT2D eigenvalue weighted by Gasteiger charge is -2.32. The zero-order chi connectivity index (χ0) is 25.6. The van der Waals surface area contributed by atoms with Crippen molar-refractivity contribution in [1.29, 1.82) is 0 Å². The van der Waals surface area contributed by atoms with E-state index in [1.807, 2.05) is 13.8 Å². The maximum absolute atomic E-state index is 14.4. The Kier molecular flexibility index (Phi) is 9.46. The van der Waals surface area contributed by atoms with Crippen LogP contribution in [0, 0.1) is 12.7 Å². The van der Waals surface area contributed by atoms with Crippen molar-refractivity contribution in [2.24, 2.45) is 0 Å². The van der Waals surface area contributed by atoms with Gasteiger partial charge in [-0.15, -0.1) is 0 Å². The molecule has 0 bridgehead atoms. The maximum atomic E-state index is 14.4. The Morgan fingerprint density at radius 3 is 2.35 bits per heavy atom. The smallest absolute Gasteiger partial charge is 0.244 e. The maximum Gasteiger partial charge on any atom is 0.244 e. The average molecular weight is 512 g/mol. The lowest BCUT2D eigenvalue weighted by Crippen LogP contribution is -2.52. The molecule has 0 aliphatic heterocycles. The Morgan fingerprint density at radius 1 is 1.15 bits per heavy atom. The first-order valence-corrected chi connectivity index (χ1v) is 13.1. The predicted octanol–water partition coefficient (Wildman–Crippen LogP) is 3.89. The quantitative estimate of drug-likeness (QED) is 0.524. The highest BCUT2D eigenvalue weighted by Crippen LogP contribution is 2.25. The first kappa shape index (κ1) is 27.6. The molecule has 0 aliphatic carbocycles. The molecule has 10 heteroatoms. The molecule has 0 saturated heterocycles. The van der Waals surface area contributed by atoms with Crippen LogP contribution in [0.4, 0.5) is 10.1 Å². The molecular weight excluding hydrogens is 481 g/mol. The summed E-state index contributed by atoms with van der Waals surface area (Å²) in [7, 11) is -3.87. The van der Waals surface area contributed by atoms with Crippen molar-refractivity contribution in [3.8, 4) is 0 Å². The summed E-state index contributed by atoms with van der Waals surface area (Å²) in [4.78, 5) is 27.4. The molecular formula is C24H31ClFN3O4S. The van der Waals surface area contributed by atoms with Gasteiger partial charge in [0.1, 0.15) is 18.4 Å². The highest BCUT2D eigenvalue weighted by Gasteiger charge is 2.31. The normalized spacial score (nSPS) is 13.1. The Hall–Kier alpha value is -2.65. The molecule has 1 N–H and O–H groups in total. The Bertz CT molecular complexity index is 1140. The van der Waals surface area contributed by atoms with Crippen LogP contribution in [0.5, 0.6) is 0 Å². The van der Waals surface area contributed by atoms with E-state index >= 15 is 0 Å². The van der Waals surface area contributed by atoms with Gasteiger partial charge < -0.3 is 10.2 Å². The van der Waals surface area contributed by atoms with E-state index in [1.165, 1.54) is 36.1 Å². The monoisotopic (exact) mass is 511 g/mol. The van der Waals surface area contributed by atoms with Crippen LogP contribution in [0.2, 0.25) is 5.02 Å². The van der Waals surface area contributed by atoms with E-state index in [0.29, 0.717) is 11.4 Å². The van der Waals surface area contributed by atoms with Crippen LogP contribution in [0.25, 0.3) is 0 Å². The third-order valence-corrected chi connectivity index (χ3v) is 7.14. The second kappa shape index (κ2) is 11.7. The van der Waals surface area contributed by atoms with Crippen LogP contribution >= 0.6 is 11.6 Å². The number of anilines is 1. The number of aryl methyl sites for hydroxylation is 1. The van der Waals surface area contributed by atoms with E-state index in [1.54, 1.807) is 25.1 Å². The largest absolute Gasteiger partial charge is 0.352 e. The summed E-state index contributed by atoms with van der Waals surface area (Å²) < 4.78 is 40.4. The summed E-state index contributed by atoms with van der Waals surface area (Å²) in [6.07, 6.45) is 1.67. The molecule has 0 saturated carbocycles. The van der Waals surface area contributed by atoms with E-state index in [0.717, 1.165) is 16.1 Å². The van der Waals surface area contributed by atoms with Crippen molar-refractivity contribution < 1.29 is 22.4 Å². The van der Waals surface area contributed by atoms with E-state index in [4.69, 9.17) is 11.6 Å². The fourth-order valence-electron chi connectivity index (χ4n) is 3.21. The van der Waals surface area contributed by atoms with Gasteiger partial charge in [0, 0.05) is 23.2 Å². The molecule has 2 aromatic rings. The van der Waals surface area contributed by atoms with Crippen LogP contribution in [0.15, 0.2) is 42.5 Å². The standard InChI is InChI=1S/C24H31ClFN3O4S/c1-6-17(3)27-24(31)18(4)28(14-19-9-7-8-10-22(19)26)23(30)15-29(34(5,32)33)20-12-11-16(2)21(25)13-20/h7-13,17-18H,6,14-15H2,1-5H3,(H,27,31)/t17-,18-/m1/s1. The zero-order valence-electron chi connectivity index (χ0n) is 20.0. The number of benzene rings is 2. The lowest BCUT2D eigenvalue weighted by molar-refractivity contribution is -0.139. The first-order chi connectivity index (χ1) is 15.8. The Balaban J connectivity index is 2.42. The molecule has 2 atom stereocenters. The molecule has 0 aromatic heterocycles. The summed E-state index contributed by atoms with van der Waals surface area (Å²) in [5.74, 6) is -1.60. The minimum absolute atomic E-state index is 0.123. The van der Waals surface area contributed by atoms with Crippen LogP contribution in [0.3, 0.4) is 0 Å². The van der Waals surface area contributed by atoms with Gasteiger partial charge in [-0.1, -0.05) is 42.8 Å². The van der Waals surface area contributed by atoms with Crippen molar-refractivity contribution in [1.82, 2.24) is 10.2 Å². The second-order valence-electron chi connectivity index (χ2n) is 8.31. The van der Waals surface area contributed by atoms with E-state index < -0.39 is 40.2 Å². The molecule has 2 amide bonds. The Morgan fingerprint density at radius 2 is 1.79 bits per heavy atom. The van der Waals surface area contributed by atoms with E-state index in [9.17, 15) is 22.4 Å². The van der Waals surface area contributed by atoms with Gasteiger partial charge in [0.2, 0.25) is 21.8 Å². The van der Waals surface area contributed by atoms with Gasteiger partial charge in [-0.3, -0.25) is 13.9 Å². The first-order valence-electron chi connectivity index (χ1n) is 10.9. The van der Waals surface area contributed by atoms with Crippen molar-refractivity contribution in [3.63, 3.8) is 0 Å². The summed E-state index contributed by atoms with van der Waals surface area (Å²) in [6, 6.07) is 9.51. The van der Waals surface area contributed by atoms with Crippen LogP contribution in [0.1, 0.15) is 38.3 Å². The minimum Gasteiger partial charge on any atom is -0.352 e. The predicted molar refractivity (Wildman–Crippen MR) is 133 cm³/mol. The molecule has 0 fully saturated rings. The molecule has 186 valence electrons. The fraction of sp³-hybridized carbons (Fsp3) is 0.417. The highest BCUT2D eigenvalue weighted by atomic mass is 35.5. The van der Waals surface area contributed by atoms with Crippen LogP contribution < -0.4 is 9.62 Å². The number of amides is 2. The third kappa shape index (κ3) is 7.17. The summed E-state index contributed by atoms with van der Waals surface area (Å²) >= 11 is 6.17. The molecule has 2 aromatic carbocycles. The summed E-state index contributed by atoms with van der Waals surface area (Å²) in [5.41, 5.74) is 1.18. The molecule has 0 heterocycles. The highest BCUT2D eigenvalue weighted by molar-refractivity contribution is 7.92. The van der Waals surface area contributed by atoms with E-state index in [2.05, 4.69) is 5.32 Å².